The monoisotopic (exact) mass is 178 g/mol. The van der Waals surface area contributed by atoms with E-state index in [1.54, 1.807) is 11.1 Å². The molecular formula is C13H22. The summed E-state index contributed by atoms with van der Waals surface area (Å²) in [7, 11) is 0. The van der Waals surface area contributed by atoms with E-state index < -0.39 is 0 Å². The molecular weight excluding hydrogens is 156 g/mol. The molecule has 13 heavy (non-hydrogen) atoms. The van der Waals surface area contributed by atoms with Crippen LogP contribution in [-0.2, 0) is 0 Å². The number of hydrogen-bond donors (Lipinski definition) is 0. The molecule has 1 rings (SSSR count). The van der Waals surface area contributed by atoms with Crippen molar-refractivity contribution in [2.75, 3.05) is 0 Å². The van der Waals surface area contributed by atoms with Gasteiger partial charge in [-0.1, -0.05) is 39.8 Å². The Morgan fingerprint density at radius 3 is 1.62 bits per heavy atom. The highest BCUT2D eigenvalue weighted by atomic mass is 14.2. The first-order valence-electron chi connectivity index (χ1n) is 5.48. The van der Waals surface area contributed by atoms with Crippen LogP contribution in [-0.4, -0.2) is 0 Å². The van der Waals surface area contributed by atoms with Crippen LogP contribution in [0.3, 0.4) is 0 Å². The van der Waals surface area contributed by atoms with Crippen LogP contribution in [0.5, 0.6) is 0 Å². The molecule has 74 valence electrons. The molecule has 0 spiro atoms. The van der Waals surface area contributed by atoms with Gasteiger partial charge in [-0.05, 0) is 42.2 Å². The summed E-state index contributed by atoms with van der Waals surface area (Å²) in [5.41, 5.74) is 3.23. The van der Waals surface area contributed by atoms with Crippen molar-refractivity contribution in [1.29, 1.82) is 0 Å². The predicted octanol–water partition coefficient (Wildman–Crippen LogP) is 4.34. The van der Waals surface area contributed by atoms with Gasteiger partial charge in [0.15, 0.2) is 0 Å². The normalized spacial score (nSPS) is 16.8. The van der Waals surface area contributed by atoms with Crippen LogP contribution in [0.15, 0.2) is 23.3 Å². The summed E-state index contributed by atoms with van der Waals surface area (Å²) >= 11 is 0. The molecule has 0 unspecified atom stereocenters. The topological polar surface area (TPSA) is 0 Å². The lowest BCUT2D eigenvalue weighted by molar-refractivity contribution is 0.614. The third-order valence-corrected chi connectivity index (χ3v) is 2.40. The van der Waals surface area contributed by atoms with Gasteiger partial charge in [0.1, 0.15) is 0 Å². The average Bonchev–Trinajstić information content (AvgIpc) is 2.34. The molecule has 0 aromatic heterocycles. The molecule has 0 heteroatoms. The number of hydrogen-bond acceptors (Lipinski definition) is 0. The lowest BCUT2D eigenvalue weighted by Gasteiger charge is -2.12. The van der Waals surface area contributed by atoms with Crippen LogP contribution >= 0.6 is 0 Å². The Labute approximate surface area is 82.7 Å². The maximum Gasteiger partial charge on any atom is -0.0157 e. The molecule has 0 bridgehead atoms. The molecule has 0 aliphatic heterocycles. The van der Waals surface area contributed by atoms with Crippen molar-refractivity contribution in [3.8, 4) is 0 Å². The fraction of sp³-hybridized carbons (Fsp3) is 0.692. The highest BCUT2D eigenvalue weighted by molar-refractivity contribution is 5.37. The van der Waals surface area contributed by atoms with E-state index in [0.717, 1.165) is 11.8 Å². The Hall–Kier alpha value is -0.520. The maximum atomic E-state index is 2.40. The lowest BCUT2D eigenvalue weighted by atomic mass is 9.93. The van der Waals surface area contributed by atoms with Crippen molar-refractivity contribution < 1.29 is 0 Å². The van der Waals surface area contributed by atoms with Crippen molar-refractivity contribution in [2.45, 2.75) is 47.0 Å². The fourth-order valence-corrected chi connectivity index (χ4v) is 1.91. The second kappa shape index (κ2) is 4.64. The summed E-state index contributed by atoms with van der Waals surface area (Å²) in [4.78, 5) is 0. The number of allylic oxidation sites excluding steroid dienone is 4. The van der Waals surface area contributed by atoms with Crippen molar-refractivity contribution in [3.63, 3.8) is 0 Å². The summed E-state index contributed by atoms with van der Waals surface area (Å²) in [6.45, 7) is 9.19. The fourth-order valence-electron chi connectivity index (χ4n) is 1.91. The summed E-state index contributed by atoms with van der Waals surface area (Å²) in [6, 6.07) is 0. The van der Waals surface area contributed by atoms with Crippen LogP contribution in [0, 0.1) is 11.8 Å². The molecule has 0 atom stereocenters. The summed E-state index contributed by atoms with van der Waals surface area (Å²) in [6.07, 6.45) is 8.50. The minimum atomic E-state index is 0.792. The second-order valence-electron chi connectivity index (χ2n) is 4.89. The maximum absolute atomic E-state index is 2.40. The Morgan fingerprint density at radius 2 is 1.31 bits per heavy atom. The number of rotatable bonds is 4. The first-order chi connectivity index (χ1) is 6.09. The molecule has 1 aliphatic rings. The van der Waals surface area contributed by atoms with Gasteiger partial charge in [-0.25, -0.2) is 0 Å². The van der Waals surface area contributed by atoms with E-state index in [1.165, 1.54) is 19.3 Å². The third-order valence-electron chi connectivity index (χ3n) is 2.40. The largest absolute Gasteiger partial charge is 0.0772 e. The van der Waals surface area contributed by atoms with E-state index in [1.807, 2.05) is 0 Å². The predicted molar refractivity (Wildman–Crippen MR) is 59.7 cm³/mol. The molecule has 1 aliphatic carbocycles. The van der Waals surface area contributed by atoms with E-state index in [2.05, 4.69) is 39.8 Å². The van der Waals surface area contributed by atoms with Crippen molar-refractivity contribution >= 4 is 0 Å². The van der Waals surface area contributed by atoms with Gasteiger partial charge in [0.25, 0.3) is 0 Å². The summed E-state index contributed by atoms with van der Waals surface area (Å²) in [5.74, 6) is 1.58. The molecule has 0 fully saturated rings. The average molecular weight is 178 g/mol. The molecule has 0 saturated carbocycles. The minimum absolute atomic E-state index is 0.792. The van der Waals surface area contributed by atoms with E-state index in [4.69, 9.17) is 0 Å². The van der Waals surface area contributed by atoms with Gasteiger partial charge in [0, 0.05) is 0 Å². The van der Waals surface area contributed by atoms with Crippen LogP contribution in [0.25, 0.3) is 0 Å². The van der Waals surface area contributed by atoms with Gasteiger partial charge in [0.2, 0.25) is 0 Å². The molecule has 0 amide bonds. The highest BCUT2D eigenvalue weighted by Crippen LogP contribution is 2.29. The minimum Gasteiger partial charge on any atom is -0.0772 e. The Kier molecular flexibility index (Phi) is 3.77. The van der Waals surface area contributed by atoms with Gasteiger partial charge in [-0.15, -0.1) is 0 Å². The Balaban J connectivity index is 2.51. The van der Waals surface area contributed by atoms with E-state index in [0.29, 0.717) is 0 Å². The molecule has 0 aromatic carbocycles. The molecule has 0 aromatic rings. The second-order valence-corrected chi connectivity index (χ2v) is 4.89. The molecule has 0 nitrogen and oxygen atoms in total. The first-order valence-corrected chi connectivity index (χ1v) is 5.48. The standard InChI is InChI=1S/C13H22/c1-10(2)8-12-6-5-7-13(12)9-11(3)4/h6-7,10-11H,5,8-9H2,1-4H3. The molecule has 0 saturated heterocycles. The van der Waals surface area contributed by atoms with Crippen molar-refractivity contribution in [3.05, 3.63) is 23.3 Å². The quantitative estimate of drug-likeness (QED) is 0.601. The van der Waals surface area contributed by atoms with Crippen LogP contribution in [0.4, 0.5) is 0 Å². The molecule has 0 radical (unpaired) electrons. The zero-order valence-electron chi connectivity index (χ0n) is 9.43. The lowest BCUT2D eigenvalue weighted by Crippen LogP contribution is -1.97. The van der Waals surface area contributed by atoms with Gasteiger partial charge < -0.3 is 0 Å². The Morgan fingerprint density at radius 1 is 0.923 bits per heavy atom. The van der Waals surface area contributed by atoms with Crippen molar-refractivity contribution in [2.24, 2.45) is 11.8 Å². The van der Waals surface area contributed by atoms with Crippen LogP contribution in [0.2, 0.25) is 0 Å². The zero-order chi connectivity index (χ0) is 9.84. The smallest absolute Gasteiger partial charge is 0.0157 e. The van der Waals surface area contributed by atoms with Gasteiger partial charge in [-0.3, -0.25) is 0 Å². The third kappa shape index (κ3) is 3.38. The van der Waals surface area contributed by atoms with Crippen LogP contribution in [0.1, 0.15) is 47.0 Å². The Bertz CT molecular complexity index is 192. The van der Waals surface area contributed by atoms with E-state index >= 15 is 0 Å². The summed E-state index contributed by atoms with van der Waals surface area (Å²) in [5, 5.41) is 0. The van der Waals surface area contributed by atoms with E-state index in [-0.39, 0.29) is 0 Å². The van der Waals surface area contributed by atoms with Gasteiger partial charge in [0.05, 0.1) is 0 Å². The molecule has 0 N–H and O–H groups in total. The van der Waals surface area contributed by atoms with E-state index in [9.17, 15) is 0 Å². The first kappa shape index (κ1) is 10.6. The van der Waals surface area contributed by atoms with Gasteiger partial charge in [-0.2, -0.15) is 0 Å². The van der Waals surface area contributed by atoms with Crippen molar-refractivity contribution in [1.82, 2.24) is 0 Å². The molecule has 0 heterocycles. The zero-order valence-corrected chi connectivity index (χ0v) is 9.43. The van der Waals surface area contributed by atoms with Crippen LogP contribution < -0.4 is 0 Å². The SMILES string of the molecule is CC(C)CC1=CCC=C1CC(C)C. The summed E-state index contributed by atoms with van der Waals surface area (Å²) < 4.78 is 0. The highest BCUT2D eigenvalue weighted by Gasteiger charge is 2.12. The van der Waals surface area contributed by atoms with Gasteiger partial charge >= 0.3 is 0 Å².